The van der Waals surface area contributed by atoms with Crippen molar-refractivity contribution in [3.63, 3.8) is 0 Å². The molecule has 5 heterocycles. The minimum absolute atomic E-state index is 0.0688. The van der Waals surface area contributed by atoms with Crippen molar-refractivity contribution in [2.45, 2.75) is 44.9 Å². The summed E-state index contributed by atoms with van der Waals surface area (Å²) in [5.41, 5.74) is 2.65. The van der Waals surface area contributed by atoms with Crippen LogP contribution in [0.1, 0.15) is 29.0 Å². The van der Waals surface area contributed by atoms with Crippen LogP contribution in [0.2, 0.25) is 0 Å². The Balaban J connectivity index is 1.28. The second-order valence-corrected chi connectivity index (χ2v) is 9.44. The first-order valence-electron chi connectivity index (χ1n) is 11.1. The molecule has 0 aromatic carbocycles. The molecule has 168 valence electrons. The number of likely N-dealkylation sites (tertiary alicyclic amines) is 2. The first kappa shape index (κ1) is 20.7. The number of aliphatic hydroxyl groups excluding tert-OH is 1. The molecule has 0 radical (unpaired) electrons. The number of fused-ring (bicyclic) bond motifs is 1. The quantitative estimate of drug-likeness (QED) is 0.721. The molecule has 3 fully saturated rings. The summed E-state index contributed by atoms with van der Waals surface area (Å²) in [6, 6.07) is 0. The van der Waals surface area contributed by atoms with Crippen molar-refractivity contribution < 1.29 is 19.2 Å². The summed E-state index contributed by atoms with van der Waals surface area (Å²) in [6.45, 7) is 7.50. The van der Waals surface area contributed by atoms with E-state index in [2.05, 4.69) is 15.2 Å². The molecule has 1 N–H and O–H groups in total. The number of hydrogen-bond donors (Lipinski definition) is 1. The van der Waals surface area contributed by atoms with Gasteiger partial charge in [-0.25, -0.2) is 0 Å². The molecular weight excluding hydrogens is 398 g/mol. The summed E-state index contributed by atoms with van der Waals surface area (Å²) in [6.07, 6.45) is 4.90. The second kappa shape index (κ2) is 7.72. The maximum absolute atomic E-state index is 13.1. The maximum atomic E-state index is 13.1. The van der Waals surface area contributed by atoms with Crippen LogP contribution < -0.4 is 0 Å². The third-order valence-corrected chi connectivity index (χ3v) is 7.36. The smallest absolute Gasteiger partial charge is 0.223 e. The Morgan fingerprint density at radius 2 is 2.16 bits per heavy atom. The van der Waals surface area contributed by atoms with E-state index in [-0.39, 0.29) is 30.5 Å². The van der Waals surface area contributed by atoms with Crippen molar-refractivity contribution in [3.8, 4) is 0 Å². The van der Waals surface area contributed by atoms with Crippen molar-refractivity contribution in [2.75, 3.05) is 32.8 Å². The summed E-state index contributed by atoms with van der Waals surface area (Å²) in [5.74, 6) is 1.22. The Labute approximate surface area is 181 Å². The van der Waals surface area contributed by atoms with E-state index >= 15 is 0 Å². The van der Waals surface area contributed by atoms with E-state index in [1.165, 1.54) is 5.56 Å². The molecule has 9 heteroatoms. The van der Waals surface area contributed by atoms with E-state index in [4.69, 9.17) is 9.26 Å². The second-order valence-electron chi connectivity index (χ2n) is 9.44. The van der Waals surface area contributed by atoms with Gasteiger partial charge in [0, 0.05) is 75.4 Å². The highest BCUT2D eigenvalue weighted by Gasteiger charge is 2.62. The lowest BCUT2D eigenvalue weighted by atomic mass is 9.83. The van der Waals surface area contributed by atoms with Gasteiger partial charge in [0.25, 0.3) is 0 Å². The summed E-state index contributed by atoms with van der Waals surface area (Å²) in [7, 11) is 1.92. The number of aliphatic hydroxyl groups is 1. The van der Waals surface area contributed by atoms with E-state index in [0.29, 0.717) is 25.9 Å². The molecular formula is C22H31N5O4. The van der Waals surface area contributed by atoms with Gasteiger partial charge in [0.15, 0.2) is 0 Å². The largest absolute Gasteiger partial charge is 0.396 e. The predicted octanol–water partition coefficient (Wildman–Crippen LogP) is 0.678. The number of rotatable bonds is 6. The van der Waals surface area contributed by atoms with Crippen LogP contribution in [0.4, 0.5) is 0 Å². The average molecular weight is 430 g/mol. The lowest BCUT2D eigenvalue weighted by Crippen LogP contribution is -2.55. The lowest BCUT2D eigenvalue weighted by Gasteiger charge is -2.40. The van der Waals surface area contributed by atoms with Crippen molar-refractivity contribution in [3.05, 3.63) is 35.0 Å². The summed E-state index contributed by atoms with van der Waals surface area (Å²) >= 11 is 0. The van der Waals surface area contributed by atoms with Gasteiger partial charge < -0.3 is 19.3 Å². The third kappa shape index (κ3) is 3.58. The molecule has 9 nitrogen and oxygen atoms in total. The SMILES string of the molecule is Cc1noc(C)c1CCC(=O)N1C[C@H]2O[C@@]3(CN(Cc4cnn(C)c4)C[C@@H]3[C@@H]2CO)C1. The van der Waals surface area contributed by atoms with Gasteiger partial charge >= 0.3 is 0 Å². The van der Waals surface area contributed by atoms with Gasteiger partial charge in [0.1, 0.15) is 11.4 Å². The molecule has 1 spiro atoms. The average Bonchev–Trinajstić information content (AvgIpc) is 3.43. The molecule has 0 aliphatic carbocycles. The van der Waals surface area contributed by atoms with Crippen LogP contribution in [-0.4, -0.2) is 80.2 Å². The highest BCUT2D eigenvalue weighted by Crippen LogP contribution is 2.49. The molecule has 1 amide bonds. The monoisotopic (exact) mass is 429 g/mol. The number of amides is 1. The van der Waals surface area contributed by atoms with Crippen LogP contribution in [0.3, 0.4) is 0 Å². The number of ether oxygens (including phenoxy) is 1. The van der Waals surface area contributed by atoms with E-state index in [0.717, 1.165) is 36.7 Å². The zero-order valence-corrected chi connectivity index (χ0v) is 18.5. The molecule has 0 saturated carbocycles. The molecule has 3 aliphatic heterocycles. The lowest BCUT2D eigenvalue weighted by molar-refractivity contribution is -0.153. The van der Waals surface area contributed by atoms with Crippen LogP contribution in [0.15, 0.2) is 16.9 Å². The summed E-state index contributed by atoms with van der Waals surface area (Å²) in [5, 5.41) is 18.4. The van der Waals surface area contributed by atoms with Crippen LogP contribution >= 0.6 is 0 Å². The van der Waals surface area contributed by atoms with Crippen molar-refractivity contribution in [2.24, 2.45) is 18.9 Å². The zero-order valence-electron chi connectivity index (χ0n) is 18.5. The molecule has 2 aromatic rings. The minimum Gasteiger partial charge on any atom is -0.396 e. The number of aryl methyl sites for hydroxylation is 3. The molecule has 0 unspecified atom stereocenters. The molecule has 5 rings (SSSR count). The van der Waals surface area contributed by atoms with E-state index in [1.807, 2.05) is 42.9 Å². The zero-order chi connectivity index (χ0) is 21.8. The fourth-order valence-electron chi connectivity index (χ4n) is 5.90. The maximum Gasteiger partial charge on any atom is 0.223 e. The molecule has 3 saturated heterocycles. The number of nitrogens with zero attached hydrogens (tertiary/aromatic N) is 5. The standard InChI is InChI=1S/C22H31N5O4/c1-14-17(15(2)31-24-14)4-5-21(29)27-10-20-18(11-28)19-9-26(12-22(19,13-27)30-20)8-16-6-23-25(3)7-16/h6-7,18-20,28H,4-5,8-13H2,1-3H3/t18-,19+,20+,22-/m0/s1. The fraction of sp³-hybridized carbons (Fsp3) is 0.682. The van der Waals surface area contributed by atoms with Gasteiger partial charge in [-0.3, -0.25) is 14.4 Å². The normalized spacial score (nSPS) is 30.2. The van der Waals surface area contributed by atoms with Gasteiger partial charge in [-0.15, -0.1) is 0 Å². The number of morpholine rings is 1. The highest BCUT2D eigenvalue weighted by atomic mass is 16.5. The Kier molecular flexibility index (Phi) is 5.15. The Morgan fingerprint density at radius 1 is 1.32 bits per heavy atom. The Bertz CT molecular complexity index is 952. The first-order valence-corrected chi connectivity index (χ1v) is 11.1. The van der Waals surface area contributed by atoms with Crippen LogP contribution in [-0.2, 0) is 29.5 Å². The van der Waals surface area contributed by atoms with Gasteiger partial charge in [0.2, 0.25) is 5.91 Å². The minimum atomic E-state index is -0.392. The Morgan fingerprint density at radius 3 is 2.84 bits per heavy atom. The molecule has 2 bridgehead atoms. The van der Waals surface area contributed by atoms with Crippen molar-refractivity contribution >= 4 is 5.91 Å². The first-order chi connectivity index (χ1) is 14.9. The van der Waals surface area contributed by atoms with Gasteiger partial charge in [0.05, 0.1) is 24.5 Å². The van der Waals surface area contributed by atoms with Crippen LogP contribution in [0.5, 0.6) is 0 Å². The van der Waals surface area contributed by atoms with Crippen LogP contribution in [0.25, 0.3) is 0 Å². The number of aromatic nitrogens is 3. The van der Waals surface area contributed by atoms with Crippen molar-refractivity contribution in [1.82, 2.24) is 24.7 Å². The van der Waals surface area contributed by atoms with Gasteiger partial charge in [-0.2, -0.15) is 5.10 Å². The topological polar surface area (TPSA) is 96.9 Å². The number of carbonyl (C=O) groups excluding carboxylic acids is 1. The Hall–Kier alpha value is -2.23. The highest BCUT2D eigenvalue weighted by molar-refractivity contribution is 5.77. The van der Waals surface area contributed by atoms with E-state index in [9.17, 15) is 9.90 Å². The number of carbonyl (C=O) groups is 1. The van der Waals surface area contributed by atoms with Gasteiger partial charge in [-0.1, -0.05) is 5.16 Å². The molecule has 2 aromatic heterocycles. The van der Waals surface area contributed by atoms with E-state index < -0.39 is 5.60 Å². The summed E-state index contributed by atoms with van der Waals surface area (Å²) in [4.78, 5) is 17.5. The number of hydrogen-bond acceptors (Lipinski definition) is 7. The molecule has 4 atom stereocenters. The third-order valence-electron chi connectivity index (χ3n) is 7.36. The van der Waals surface area contributed by atoms with Crippen molar-refractivity contribution in [1.29, 1.82) is 0 Å². The van der Waals surface area contributed by atoms with Crippen LogP contribution in [0, 0.1) is 25.7 Å². The van der Waals surface area contributed by atoms with Gasteiger partial charge in [-0.05, 0) is 20.3 Å². The van der Waals surface area contributed by atoms with E-state index in [1.54, 1.807) is 0 Å². The fourth-order valence-corrected chi connectivity index (χ4v) is 5.90. The summed E-state index contributed by atoms with van der Waals surface area (Å²) < 4.78 is 13.6. The predicted molar refractivity (Wildman–Crippen MR) is 111 cm³/mol. The molecule has 31 heavy (non-hydrogen) atoms. The molecule has 3 aliphatic rings.